The van der Waals surface area contributed by atoms with E-state index in [1.165, 1.54) is 0 Å². The topological polar surface area (TPSA) is 95.5 Å². The molecule has 19 heavy (non-hydrogen) atoms. The summed E-state index contributed by atoms with van der Waals surface area (Å²) in [4.78, 5) is 33.5. The molecule has 1 heterocycles. The highest BCUT2D eigenvalue weighted by atomic mass is 19.1. The predicted octanol–water partition coefficient (Wildman–Crippen LogP) is 0.741. The van der Waals surface area contributed by atoms with Crippen LogP contribution in [-0.2, 0) is 9.59 Å². The molecule has 0 saturated carbocycles. The maximum absolute atomic E-state index is 13.5. The molecule has 1 atom stereocenters. The summed E-state index contributed by atoms with van der Waals surface area (Å²) in [6.45, 7) is 0. The molecule has 1 aromatic carbocycles. The summed E-state index contributed by atoms with van der Waals surface area (Å²) >= 11 is 0. The van der Waals surface area contributed by atoms with Gasteiger partial charge in [-0.1, -0.05) is 0 Å². The van der Waals surface area contributed by atoms with E-state index in [1.807, 2.05) is 0 Å². The van der Waals surface area contributed by atoms with Crippen LogP contribution in [0.15, 0.2) is 18.2 Å². The first-order chi connectivity index (χ1) is 8.97. The van der Waals surface area contributed by atoms with Gasteiger partial charge in [0, 0.05) is 6.42 Å². The minimum Gasteiger partial charge on any atom is -0.478 e. The summed E-state index contributed by atoms with van der Waals surface area (Å²) in [5.41, 5.74) is -0.349. The van der Waals surface area contributed by atoms with Gasteiger partial charge >= 0.3 is 5.97 Å². The van der Waals surface area contributed by atoms with Crippen LogP contribution >= 0.6 is 0 Å². The van der Waals surface area contributed by atoms with Gasteiger partial charge in [-0.05, 0) is 24.6 Å². The molecule has 0 aliphatic carbocycles. The highest BCUT2D eigenvalue weighted by Gasteiger charge is 2.27. The molecule has 1 saturated heterocycles. The van der Waals surface area contributed by atoms with Crippen molar-refractivity contribution in [3.05, 3.63) is 29.6 Å². The van der Waals surface area contributed by atoms with Crippen molar-refractivity contribution in [1.82, 2.24) is 5.32 Å². The van der Waals surface area contributed by atoms with E-state index in [9.17, 15) is 18.8 Å². The fourth-order valence-electron chi connectivity index (χ4n) is 1.78. The second kappa shape index (κ2) is 5.05. The second-order valence-corrected chi connectivity index (χ2v) is 4.15. The number of anilines is 1. The van der Waals surface area contributed by atoms with Crippen molar-refractivity contribution in [1.29, 1.82) is 0 Å². The monoisotopic (exact) mass is 266 g/mol. The smallest absolute Gasteiger partial charge is 0.335 e. The fraction of sp³-hybridized carbons (Fsp3) is 0.250. The average molecular weight is 266 g/mol. The van der Waals surface area contributed by atoms with E-state index in [0.29, 0.717) is 6.42 Å². The van der Waals surface area contributed by atoms with Gasteiger partial charge in [-0.2, -0.15) is 0 Å². The zero-order valence-corrected chi connectivity index (χ0v) is 9.77. The van der Waals surface area contributed by atoms with Crippen molar-refractivity contribution < 1.29 is 23.9 Å². The fourth-order valence-corrected chi connectivity index (χ4v) is 1.78. The molecule has 1 aliphatic rings. The number of benzene rings is 1. The Morgan fingerprint density at radius 3 is 2.74 bits per heavy atom. The Hall–Kier alpha value is -2.44. The number of amides is 2. The van der Waals surface area contributed by atoms with Crippen LogP contribution in [-0.4, -0.2) is 28.9 Å². The zero-order valence-electron chi connectivity index (χ0n) is 9.77. The largest absolute Gasteiger partial charge is 0.478 e. The number of halogens is 1. The summed E-state index contributed by atoms with van der Waals surface area (Å²) in [6.07, 6.45) is 0.584. The molecule has 0 unspecified atom stereocenters. The van der Waals surface area contributed by atoms with Crippen LogP contribution in [0, 0.1) is 5.82 Å². The Labute approximate surface area is 107 Å². The van der Waals surface area contributed by atoms with Gasteiger partial charge in [0.25, 0.3) is 0 Å². The van der Waals surface area contributed by atoms with Crippen molar-refractivity contribution in [2.24, 2.45) is 0 Å². The number of hydrogen-bond acceptors (Lipinski definition) is 3. The molecule has 2 rings (SSSR count). The average Bonchev–Trinajstić information content (AvgIpc) is 2.78. The van der Waals surface area contributed by atoms with Crippen molar-refractivity contribution in [2.45, 2.75) is 18.9 Å². The highest BCUT2D eigenvalue weighted by molar-refractivity contribution is 6.00. The normalized spacial score (nSPS) is 17.9. The number of hydrogen-bond donors (Lipinski definition) is 3. The molecule has 0 aromatic heterocycles. The molecular formula is C12H11FN2O4. The van der Waals surface area contributed by atoms with E-state index in [0.717, 1.165) is 18.2 Å². The molecule has 1 aromatic rings. The number of carbonyl (C=O) groups is 3. The van der Waals surface area contributed by atoms with Gasteiger partial charge in [0.1, 0.15) is 11.9 Å². The van der Waals surface area contributed by atoms with Crippen molar-refractivity contribution in [3.63, 3.8) is 0 Å². The molecule has 6 nitrogen and oxygen atoms in total. The van der Waals surface area contributed by atoms with Gasteiger partial charge in [0.2, 0.25) is 11.8 Å². The van der Waals surface area contributed by atoms with Crippen LogP contribution < -0.4 is 10.6 Å². The molecule has 0 bridgehead atoms. The van der Waals surface area contributed by atoms with Crippen LogP contribution in [0.5, 0.6) is 0 Å². The van der Waals surface area contributed by atoms with Crippen molar-refractivity contribution in [2.75, 3.05) is 5.32 Å². The predicted molar refractivity (Wildman–Crippen MR) is 63.2 cm³/mol. The van der Waals surface area contributed by atoms with Crippen LogP contribution in [0.4, 0.5) is 10.1 Å². The quantitative estimate of drug-likeness (QED) is 0.752. The van der Waals surface area contributed by atoms with Gasteiger partial charge in [-0.15, -0.1) is 0 Å². The summed E-state index contributed by atoms with van der Waals surface area (Å²) in [5, 5.41) is 13.5. The Morgan fingerprint density at radius 1 is 1.42 bits per heavy atom. The second-order valence-electron chi connectivity index (χ2n) is 4.15. The summed E-state index contributed by atoms with van der Waals surface area (Å²) < 4.78 is 13.5. The lowest BCUT2D eigenvalue weighted by atomic mass is 10.1. The minimum absolute atomic E-state index is 0.132. The Balaban J connectivity index is 2.14. The van der Waals surface area contributed by atoms with E-state index in [2.05, 4.69) is 10.6 Å². The van der Waals surface area contributed by atoms with Crippen LogP contribution in [0.3, 0.4) is 0 Å². The molecule has 1 aliphatic heterocycles. The van der Waals surface area contributed by atoms with Crippen LogP contribution in [0.25, 0.3) is 0 Å². The molecule has 2 amide bonds. The summed E-state index contributed by atoms with van der Waals surface area (Å²) in [5.74, 6) is -2.75. The van der Waals surface area contributed by atoms with Gasteiger partial charge in [-0.25, -0.2) is 9.18 Å². The van der Waals surface area contributed by atoms with Gasteiger partial charge in [-0.3, -0.25) is 9.59 Å². The molecular weight excluding hydrogens is 255 g/mol. The molecule has 100 valence electrons. The number of rotatable bonds is 3. The van der Waals surface area contributed by atoms with Crippen molar-refractivity contribution >= 4 is 23.5 Å². The van der Waals surface area contributed by atoms with E-state index in [1.54, 1.807) is 0 Å². The molecule has 0 radical (unpaired) electrons. The standard InChI is InChI=1S/C12H11FN2O4/c13-7-2-1-6(12(18)19)5-9(7)15-11(17)8-3-4-10(16)14-8/h1-2,5,8H,3-4H2,(H,14,16)(H,15,17)(H,18,19)/t8-/m1/s1. The Kier molecular flexibility index (Phi) is 3.46. The van der Waals surface area contributed by atoms with Gasteiger partial charge < -0.3 is 15.7 Å². The number of aromatic carboxylic acids is 1. The third-order valence-electron chi connectivity index (χ3n) is 2.78. The minimum atomic E-state index is -1.22. The first-order valence-electron chi connectivity index (χ1n) is 5.60. The number of nitrogens with one attached hydrogen (secondary N) is 2. The van der Waals surface area contributed by atoms with E-state index in [4.69, 9.17) is 5.11 Å². The highest BCUT2D eigenvalue weighted by Crippen LogP contribution is 2.18. The Morgan fingerprint density at radius 2 is 2.16 bits per heavy atom. The third-order valence-corrected chi connectivity index (χ3v) is 2.78. The van der Waals surface area contributed by atoms with Crippen LogP contribution in [0.1, 0.15) is 23.2 Å². The molecule has 3 N–H and O–H groups in total. The van der Waals surface area contributed by atoms with E-state index in [-0.39, 0.29) is 23.6 Å². The summed E-state index contributed by atoms with van der Waals surface area (Å²) in [7, 11) is 0. The van der Waals surface area contributed by atoms with E-state index < -0.39 is 23.7 Å². The molecule has 7 heteroatoms. The van der Waals surface area contributed by atoms with Crippen LogP contribution in [0.2, 0.25) is 0 Å². The first-order valence-corrected chi connectivity index (χ1v) is 5.60. The lowest BCUT2D eigenvalue weighted by molar-refractivity contribution is -0.122. The first kappa shape index (κ1) is 13.0. The lowest BCUT2D eigenvalue weighted by Gasteiger charge is -2.11. The third kappa shape index (κ3) is 2.87. The molecule has 0 spiro atoms. The summed E-state index contributed by atoms with van der Waals surface area (Å²) in [6, 6.07) is 2.39. The van der Waals surface area contributed by atoms with Gasteiger partial charge in [0.15, 0.2) is 0 Å². The maximum atomic E-state index is 13.5. The van der Waals surface area contributed by atoms with Gasteiger partial charge in [0.05, 0.1) is 11.3 Å². The zero-order chi connectivity index (χ0) is 14.0. The molecule has 1 fully saturated rings. The maximum Gasteiger partial charge on any atom is 0.335 e. The number of carboxylic acid groups (broad SMARTS) is 1. The lowest BCUT2D eigenvalue weighted by Crippen LogP contribution is -2.37. The Bertz CT molecular complexity index is 559. The van der Waals surface area contributed by atoms with Crippen molar-refractivity contribution in [3.8, 4) is 0 Å². The number of carbonyl (C=O) groups excluding carboxylic acids is 2. The SMILES string of the molecule is O=C1CC[C@H](C(=O)Nc2cc(C(=O)O)ccc2F)N1. The van der Waals surface area contributed by atoms with E-state index >= 15 is 0 Å². The number of carboxylic acids is 1.